The minimum Gasteiger partial charge on any atom is -0.497 e. The Balaban J connectivity index is 2.43. The van der Waals surface area contributed by atoms with Crippen LogP contribution in [-0.4, -0.2) is 29.0 Å². The van der Waals surface area contributed by atoms with Gasteiger partial charge in [-0.2, -0.15) is 0 Å². The van der Waals surface area contributed by atoms with Gasteiger partial charge < -0.3 is 9.47 Å². The summed E-state index contributed by atoms with van der Waals surface area (Å²) >= 11 is 5.87. The highest BCUT2D eigenvalue weighted by molar-refractivity contribution is 6.16. The molecule has 1 aromatic heterocycles. The Labute approximate surface area is 110 Å². The van der Waals surface area contributed by atoms with Gasteiger partial charge in [0, 0.05) is 12.8 Å². The summed E-state index contributed by atoms with van der Waals surface area (Å²) in [6, 6.07) is 7.61. The van der Waals surface area contributed by atoms with E-state index >= 15 is 0 Å². The third-order valence-corrected chi connectivity index (χ3v) is 2.76. The smallest absolute Gasteiger partial charge is 0.163 e. The first-order chi connectivity index (χ1) is 8.80. The number of aromatic nitrogens is 3. The van der Waals surface area contributed by atoms with Gasteiger partial charge in [-0.05, 0) is 24.3 Å². The monoisotopic (exact) mass is 267 g/mol. The maximum absolute atomic E-state index is 5.87. The van der Waals surface area contributed by atoms with Crippen molar-refractivity contribution in [3.05, 3.63) is 35.9 Å². The van der Waals surface area contributed by atoms with Gasteiger partial charge in [0.25, 0.3) is 0 Å². The van der Waals surface area contributed by atoms with Gasteiger partial charge in [0.15, 0.2) is 11.6 Å². The molecule has 0 aliphatic carbocycles. The first-order valence-corrected chi connectivity index (χ1v) is 5.96. The molecule has 0 atom stereocenters. The van der Waals surface area contributed by atoms with E-state index in [0.29, 0.717) is 18.3 Å². The zero-order valence-electron chi connectivity index (χ0n) is 10.3. The van der Waals surface area contributed by atoms with Gasteiger partial charge in [-0.15, -0.1) is 21.8 Å². The summed E-state index contributed by atoms with van der Waals surface area (Å²) in [4.78, 5) is 0. The molecule has 0 bridgehead atoms. The molecule has 0 aliphatic rings. The molecule has 6 heteroatoms. The lowest BCUT2D eigenvalue weighted by molar-refractivity contribution is 0.176. The van der Waals surface area contributed by atoms with Gasteiger partial charge in [-0.3, -0.25) is 4.57 Å². The summed E-state index contributed by atoms with van der Waals surface area (Å²) in [6.07, 6.45) is 0. The number of nitrogens with zero attached hydrogens (tertiary/aromatic N) is 3. The quantitative estimate of drug-likeness (QED) is 0.779. The van der Waals surface area contributed by atoms with E-state index in [1.165, 1.54) is 0 Å². The molecule has 0 aliphatic heterocycles. The van der Waals surface area contributed by atoms with Crippen LogP contribution in [0.3, 0.4) is 0 Å². The second-order valence-corrected chi connectivity index (χ2v) is 3.90. The Hall–Kier alpha value is -1.59. The molecule has 0 amide bonds. The lowest BCUT2D eigenvalue weighted by Gasteiger charge is -2.09. The summed E-state index contributed by atoms with van der Waals surface area (Å²) < 4.78 is 12.1. The molecule has 0 spiro atoms. The van der Waals surface area contributed by atoms with Crippen LogP contribution >= 0.6 is 11.6 Å². The van der Waals surface area contributed by atoms with Gasteiger partial charge >= 0.3 is 0 Å². The van der Waals surface area contributed by atoms with Crippen LogP contribution in [0, 0.1) is 0 Å². The van der Waals surface area contributed by atoms with Crippen molar-refractivity contribution >= 4 is 11.6 Å². The molecule has 0 N–H and O–H groups in total. The molecule has 18 heavy (non-hydrogen) atoms. The molecule has 5 nitrogen and oxygen atoms in total. The number of hydrogen-bond acceptors (Lipinski definition) is 4. The van der Waals surface area contributed by atoms with E-state index in [1.54, 1.807) is 14.2 Å². The van der Waals surface area contributed by atoms with E-state index in [9.17, 15) is 0 Å². The summed E-state index contributed by atoms with van der Waals surface area (Å²) in [5, 5.41) is 8.11. The van der Waals surface area contributed by atoms with Gasteiger partial charge in [-0.1, -0.05) is 0 Å². The highest BCUT2D eigenvalue weighted by Gasteiger charge is 2.12. The van der Waals surface area contributed by atoms with Crippen molar-refractivity contribution < 1.29 is 9.47 Å². The molecular formula is C12H14ClN3O2. The lowest BCUT2D eigenvalue weighted by Crippen LogP contribution is -2.05. The lowest BCUT2D eigenvalue weighted by atomic mass is 10.3. The molecule has 0 saturated carbocycles. The molecule has 2 rings (SSSR count). The fourth-order valence-corrected chi connectivity index (χ4v) is 1.87. The van der Waals surface area contributed by atoms with Crippen LogP contribution in [0.2, 0.25) is 0 Å². The van der Waals surface area contributed by atoms with Crippen molar-refractivity contribution in [3.63, 3.8) is 0 Å². The summed E-state index contributed by atoms with van der Waals surface area (Å²) in [6.45, 7) is 0.385. The standard InChI is InChI=1S/C12H14ClN3O2/c1-17-8-12-15-14-11(7-13)16(12)9-3-5-10(18-2)6-4-9/h3-6H,7-8H2,1-2H3. The van der Waals surface area contributed by atoms with Gasteiger partial charge in [0.1, 0.15) is 12.4 Å². The first-order valence-electron chi connectivity index (χ1n) is 5.42. The van der Waals surface area contributed by atoms with E-state index in [4.69, 9.17) is 21.1 Å². The number of methoxy groups -OCH3 is 2. The third kappa shape index (κ3) is 2.47. The molecule has 0 saturated heterocycles. The highest BCUT2D eigenvalue weighted by atomic mass is 35.5. The summed E-state index contributed by atoms with van der Waals surface area (Å²) in [5.41, 5.74) is 0.934. The van der Waals surface area contributed by atoms with Crippen molar-refractivity contribution in [1.29, 1.82) is 0 Å². The van der Waals surface area contributed by atoms with Gasteiger partial charge in [-0.25, -0.2) is 0 Å². The Bertz CT molecular complexity index is 511. The van der Waals surface area contributed by atoms with Crippen LogP contribution in [0.5, 0.6) is 5.75 Å². The molecule has 1 aromatic carbocycles. The molecular weight excluding hydrogens is 254 g/mol. The fourth-order valence-electron chi connectivity index (χ4n) is 1.69. The Morgan fingerprint density at radius 2 is 1.78 bits per heavy atom. The van der Waals surface area contributed by atoms with E-state index in [2.05, 4.69) is 10.2 Å². The number of ether oxygens (including phenoxy) is 2. The zero-order valence-corrected chi connectivity index (χ0v) is 11.0. The molecule has 0 unspecified atom stereocenters. The normalized spacial score (nSPS) is 10.6. The molecule has 1 heterocycles. The third-order valence-electron chi connectivity index (χ3n) is 2.52. The average molecular weight is 268 g/mol. The highest BCUT2D eigenvalue weighted by Crippen LogP contribution is 2.19. The number of hydrogen-bond donors (Lipinski definition) is 0. The zero-order chi connectivity index (χ0) is 13.0. The van der Waals surface area contributed by atoms with Crippen molar-refractivity contribution in [1.82, 2.24) is 14.8 Å². The molecule has 96 valence electrons. The predicted molar refractivity (Wildman–Crippen MR) is 68.2 cm³/mol. The first kappa shape index (κ1) is 12.9. The van der Waals surface area contributed by atoms with Crippen LogP contribution in [0.25, 0.3) is 5.69 Å². The Morgan fingerprint density at radius 3 is 2.33 bits per heavy atom. The molecule has 0 fully saturated rings. The fraction of sp³-hybridized carbons (Fsp3) is 0.333. The summed E-state index contributed by atoms with van der Waals surface area (Å²) in [7, 11) is 3.25. The van der Waals surface area contributed by atoms with Crippen molar-refractivity contribution in [2.24, 2.45) is 0 Å². The number of rotatable bonds is 5. The van der Waals surface area contributed by atoms with Crippen LogP contribution in [0.4, 0.5) is 0 Å². The molecule has 0 radical (unpaired) electrons. The van der Waals surface area contributed by atoms with Crippen LogP contribution in [0.15, 0.2) is 24.3 Å². The van der Waals surface area contributed by atoms with Crippen LogP contribution in [-0.2, 0) is 17.2 Å². The van der Waals surface area contributed by atoms with Crippen molar-refractivity contribution in [2.75, 3.05) is 14.2 Å². The second-order valence-electron chi connectivity index (χ2n) is 3.63. The van der Waals surface area contributed by atoms with Crippen molar-refractivity contribution in [3.8, 4) is 11.4 Å². The van der Waals surface area contributed by atoms with Crippen LogP contribution < -0.4 is 4.74 Å². The number of benzene rings is 1. The van der Waals surface area contributed by atoms with Gasteiger partial charge in [0.2, 0.25) is 0 Å². The maximum atomic E-state index is 5.87. The van der Waals surface area contributed by atoms with Gasteiger partial charge in [0.05, 0.1) is 13.0 Å². The SMILES string of the molecule is COCc1nnc(CCl)n1-c1ccc(OC)cc1. The Morgan fingerprint density at radius 1 is 1.11 bits per heavy atom. The van der Waals surface area contributed by atoms with Crippen LogP contribution in [0.1, 0.15) is 11.6 Å². The number of alkyl halides is 1. The Kier molecular flexibility index (Phi) is 4.17. The molecule has 2 aromatic rings. The summed E-state index contributed by atoms with van der Waals surface area (Å²) in [5.74, 6) is 2.50. The van der Waals surface area contributed by atoms with E-state index in [1.807, 2.05) is 28.8 Å². The minimum absolute atomic E-state index is 0.294. The average Bonchev–Trinajstić information content (AvgIpc) is 2.82. The van der Waals surface area contributed by atoms with E-state index in [-0.39, 0.29) is 0 Å². The predicted octanol–water partition coefficient (Wildman–Crippen LogP) is 2.16. The minimum atomic E-state index is 0.294. The van der Waals surface area contributed by atoms with Crippen molar-refractivity contribution in [2.45, 2.75) is 12.5 Å². The maximum Gasteiger partial charge on any atom is 0.163 e. The van der Waals surface area contributed by atoms with E-state index in [0.717, 1.165) is 17.3 Å². The van der Waals surface area contributed by atoms with E-state index < -0.39 is 0 Å². The second kappa shape index (κ2) is 5.84. The largest absolute Gasteiger partial charge is 0.497 e. The number of halogens is 1. The topological polar surface area (TPSA) is 49.2 Å².